The Morgan fingerprint density at radius 1 is 1.50 bits per heavy atom. The highest BCUT2D eigenvalue weighted by Crippen LogP contribution is 2.27. The third-order valence-corrected chi connectivity index (χ3v) is 3.31. The zero-order chi connectivity index (χ0) is 14.9. The summed E-state index contributed by atoms with van der Waals surface area (Å²) < 4.78 is 11.1. The molecule has 2 N–H and O–H groups in total. The second kappa shape index (κ2) is 5.32. The van der Waals surface area contributed by atoms with Crippen molar-refractivity contribution in [1.82, 2.24) is 4.90 Å². The van der Waals surface area contributed by atoms with E-state index in [0.29, 0.717) is 30.1 Å². The lowest BCUT2D eigenvalue weighted by molar-refractivity contribution is -0.118. The molecule has 1 amide bonds. The lowest BCUT2D eigenvalue weighted by Crippen LogP contribution is -2.53. The van der Waals surface area contributed by atoms with Crippen LogP contribution in [0.1, 0.15) is 31.1 Å². The molecule has 5 heteroatoms. The molecule has 0 bridgehead atoms. The topological polar surface area (TPSA) is 64.8 Å². The molecule has 1 aliphatic heterocycles. The number of nitrogens with zero attached hydrogens (tertiary/aromatic N) is 1. The standard InChI is InChI=1S/C15H22N2O3/c1-10-8-17(9-15(2,3)20-10)14(18)12-6-5-11(16)7-13(12)19-4/h5-7,10H,8-9,16H2,1-4H3. The average Bonchev–Trinajstić information content (AvgIpc) is 2.35. The molecule has 2 rings (SSSR count). The number of methoxy groups -OCH3 is 1. The van der Waals surface area contributed by atoms with Crippen molar-refractivity contribution in [2.75, 3.05) is 25.9 Å². The highest BCUT2D eigenvalue weighted by atomic mass is 16.5. The maximum atomic E-state index is 12.7. The number of nitrogen functional groups attached to an aromatic ring is 1. The number of morpholine rings is 1. The SMILES string of the molecule is COc1cc(N)ccc1C(=O)N1CC(C)OC(C)(C)C1. The molecule has 1 atom stereocenters. The van der Waals surface area contributed by atoms with Crippen LogP contribution < -0.4 is 10.5 Å². The Morgan fingerprint density at radius 3 is 2.80 bits per heavy atom. The molecule has 0 aromatic heterocycles. The van der Waals surface area contributed by atoms with Gasteiger partial charge in [0.15, 0.2) is 0 Å². The molecule has 1 unspecified atom stereocenters. The van der Waals surface area contributed by atoms with Gasteiger partial charge in [0.2, 0.25) is 0 Å². The molecular formula is C15H22N2O3. The largest absolute Gasteiger partial charge is 0.496 e. The summed E-state index contributed by atoms with van der Waals surface area (Å²) in [6.45, 7) is 7.09. The van der Waals surface area contributed by atoms with E-state index < -0.39 is 0 Å². The smallest absolute Gasteiger partial charge is 0.257 e. The molecule has 1 aliphatic rings. The van der Waals surface area contributed by atoms with Crippen LogP contribution in [0.2, 0.25) is 0 Å². The van der Waals surface area contributed by atoms with Crippen molar-refractivity contribution in [1.29, 1.82) is 0 Å². The van der Waals surface area contributed by atoms with E-state index in [2.05, 4.69) is 0 Å². The number of carbonyl (C=O) groups excluding carboxylic acids is 1. The summed E-state index contributed by atoms with van der Waals surface area (Å²) in [5.74, 6) is 0.456. The zero-order valence-corrected chi connectivity index (χ0v) is 12.5. The number of nitrogens with two attached hydrogens (primary N) is 1. The van der Waals surface area contributed by atoms with E-state index in [9.17, 15) is 4.79 Å². The monoisotopic (exact) mass is 278 g/mol. The van der Waals surface area contributed by atoms with Crippen molar-refractivity contribution in [3.63, 3.8) is 0 Å². The van der Waals surface area contributed by atoms with E-state index in [0.717, 1.165) is 0 Å². The second-order valence-corrected chi connectivity index (χ2v) is 5.83. The summed E-state index contributed by atoms with van der Waals surface area (Å²) in [5.41, 5.74) is 6.49. The van der Waals surface area contributed by atoms with E-state index in [-0.39, 0.29) is 17.6 Å². The first-order chi connectivity index (χ1) is 9.32. The van der Waals surface area contributed by atoms with Gasteiger partial charge in [0.25, 0.3) is 5.91 Å². The molecule has 5 nitrogen and oxygen atoms in total. The predicted octanol–water partition coefficient (Wildman–Crippen LogP) is 1.92. The van der Waals surface area contributed by atoms with Gasteiger partial charge in [0, 0.05) is 24.8 Å². The number of hydrogen-bond acceptors (Lipinski definition) is 4. The zero-order valence-electron chi connectivity index (χ0n) is 12.5. The molecule has 1 fully saturated rings. The Morgan fingerprint density at radius 2 is 2.20 bits per heavy atom. The molecule has 0 radical (unpaired) electrons. The lowest BCUT2D eigenvalue weighted by atomic mass is 10.0. The van der Waals surface area contributed by atoms with Crippen molar-refractivity contribution in [2.45, 2.75) is 32.5 Å². The number of ether oxygens (including phenoxy) is 2. The Kier molecular flexibility index (Phi) is 3.90. The molecule has 0 saturated carbocycles. The van der Waals surface area contributed by atoms with Gasteiger partial charge in [-0.2, -0.15) is 0 Å². The fraction of sp³-hybridized carbons (Fsp3) is 0.533. The van der Waals surface area contributed by atoms with E-state index >= 15 is 0 Å². The van der Waals surface area contributed by atoms with Crippen LogP contribution in [0.3, 0.4) is 0 Å². The Bertz CT molecular complexity index is 514. The molecule has 20 heavy (non-hydrogen) atoms. The van der Waals surface area contributed by atoms with Crippen LogP contribution >= 0.6 is 0 Å². The number of amides is 1. The Balaban J connectivity index is 2.27. The lowest BCUT2D eigenvalue weighted by Gasteiger charge is -2.41. The van der Waals surface area contributed by atoms with Crippen LogP contribution in [0.4, 0.5) is 5.69 Å². The average molecular weight is 278 g/mol. The van der Waals surface area contributed by atoms with Gasteiger partial charge in [-0.25, -0.2) is 0 Å². The maximum Gasteiger partial charge on any atom is 0.257 e. The minimum Gasteiger partial charge on any atom is -0.496 e. The van der Waals surface area contributed by atoms with Gasteiger partial charge in [-0.3, -0.25) is 4.79 Å². The molecule has 1 aromatic rings. The molecule has 1 aromatic carbocycles. The van der Waals surface area contributed by atoms with Crippen LogP contribution in [-0.4, -0.2) is 42.7 Å². The van der Waals surface area contributed by atoms with Crippen molar-refractivity contribution in [2.24, 2.45) is 0 Å². The minimum absolute atomic E-state index is 0.0162. The Labute approximate surface area is 119 Å². The number of carbonyl (C=O) groups is 1. The second-order valence-electron chi connectivity index (χ2n) is 5.83. The molecule has 0 spiro atoms. The number of benzene rings is 1. The number of hydrogen-bond donors (Lipinski definition) is 1. The molecule has 0 aliphatic carbocycles. The van der Waals surface area contributed by atoms with Gasteiger partial charge < -0.3 is 20.1 Å². The summed E-state index contributed by atoms with van der Waals surface area (Å²) in [6, 6.07) is 5.09. The first kappa shape index (κ1) is 14.7. The van der Waals surface area contributed by atoms with Gasteiger partial charge in [-0.1, -0.05) is 0 Å². The fourth-order valence-electron chi connectivity index (χ4n) is 2.66. The molecule has 1 heterocycles. The molecular weight excluding hydrogens is 256 g/mol. The van der Waals surface area contributed by atoms with E-state index in [1.807, 2.05) is 25.7 Å². The summed E-state index contributed by atoms with van der Waals surface area (Å²) in [6.07, 6.45) is 0.0162. The third-order valence-electron chi connectivity index (χ3n) is 3.31. The summed E-state index contributed by atoms with van der Waals surface area (Å²) >= 11 is 0. The Hall–Kier alpha value is -1.75. The highest BCUT2D eigenvalue weighted by molar-refractivity contribution is 5.97. The van der Waals surface area contributed by atoms with E-state index in [1.54, 1.807) is 18.2 Å². The summed E-state index contributed by atoms with van der Waals surface area (Å²) in [5, 5.41) is 0. The van der Waals surface area contributed by atoms with Gasteiger partial charge in [-0.15, -0.1) is 0 Å². The molecule has 110 valence electrons. The molecule has 1 saturated heterocycles. The first-order valence-electron chi connectivity index (χ1n) is 6.73. The van der Waals surface area contributed by atoms with Crippen LogP contribution in [0.15, 0.2) is 18.2 Å². The van der Waals surface area contributed by atoms with Crippen LogP contribution in [-0.2, 0) is 4.74 Å². The van der Waals surface area contributed by atoms with Crippen LogP contribution in [0.5, 0.6) is 5.75 Å². The van der Waals surface area contributed by atoms with Gasteiger partial charge in [0.1, 0.15) is 5.75 Å². The quantitative estimate of drug-likeness (QED) is 0.839. The maximum absolute atomic E-state index is 12.7. The van der Waals surface area contributed by atoms with Crippen molar-refractivity contribution < 1.29 is 14.3 Å². The van der Waals surface area contributed by atoms with E-state index in [4.69, 9.17) is 15.2 Å². The van der Waals surface area contributed by atoms with Gasteiger partial charge in [0.05, 0.1) is 24.4 Å². The van der Waals surface area contributed by atoms with Crippen molar-refractivity contribution in [3.8, 4) is 5.75 Å². The van der Waals surface area contributed by atoms with Crippen molar-refractivity contribution in [3.05, 3.63) is 23.8 Å². The van der Waals surface area contributed by atoms with Crippen molar-refractivity contribution >= 4 is 11.6 Å². The highest BCUT2D eigenvalue weighted by Gasteiger charge is 2.34. The number of rotatable bonds is 2. The first-order valence-corrected chi connectivity index (χ1v) is 6.73. The summed E-state index contributed by atoms with van der Waals surface area (Å²) in [7, 11) is 1.54. The number of anilines is 1. The minimum atomic E-state index is -0.339. The third kappa shape index (κ3) is 3.04. The normalized spacial score (nSPS) is 21.6. The van der Waals surface area contributed by atoms with Crippen LogP contribution in [0, 0.1) is 0 Å². The van der Waals surface area contributed by atoms with Gasteiger partial charge >= 0.3 is 0 Å². The predicted molar refractivity (Wildman–Crippen MR) is 77.9 cm³/mol. The summed E-state index contributed by atoms with van der Waals surface area (Å²) in [4.78, 5) is 14.5. The van der Waals surface area contributed by atoms with Crippen LogP contribution in [0.25, 0.3) is 0 Å². The fourth-order valence-corrected chi connectivity index (χ4v) is 2.66. The van der Waals surface area contributed by atoms with E-state index in [1.165, 1.54) is 7.11 Å². The van der Waals surface area contributed by atoms with Gasteiger partial charge in [-0.05, 0) is 32.9 Å².